The van der Waals surface area contributed by atoms with Gasteiger partial charge in [0.1, 0.15) is 11.6 Å². The molecule has 2 aliphatic heterocycles. The molecule has 3 rings (SSSR count). The monoisotopic (exact) mass is 536 g/mol. The van der Waals surface area contributed by atoms with E-state index in [1.54, 1.807) is 0 Å². The quantitative estimate of drug-likeness (QED) is 0.317. The predicted molar refractivity (Wildman–Crippen MR) is 126 cm³/mol. The summed E-state index contributed by atoms with van der Waals surface area (Å²) in [4.78, 5) is 7.20. The first kappa shape index (κ1) is 25.1. The molecule has 2 heterocycles. The number of rotatable bonds is 7. The summed E-state index contributed by atoms with van der Waals surface area (Å²) in [6.45, 7) is 12.6. The zero-order valence-corrected chi connectivity index (χ0v) is 20.5. The SMILES string of the molecule is CCNC(=NCC(C)(C)N1CCOCC1)NCCc1cc(F)cc2c1OCOC2.I. The normalized spacial score (nSPS) is 17.5. The lowest BCUT2D eigenvalue weighted by Gasteiger charge is -2.39. The Kier molecular flexibility index (Phi) is 10.1. The molecule has 9 heteroatoms. The highest BCUT2D eigenvalue weighted by molar-refractivity contribution is 14.0. The smallest absolute Gasteiger partial charge is 0.191 e. The maximum Gasteiger partial charge on any atom is 0.191 e. The zero-order valence-electron chi connectivity index (χ0n) is 18.1. The van der Waals surface area contributed by atoms with Crippen LogP contribution in [0.4, 0.5) is 4.39 Å². The molecule has 0 radical (unpaired) electrons. The average Bonchev–Trinajstić information content (AvgIpc) is 2.72. The molecule has 0 aliphatic carbocycles. The second-order valence-corrected chi connectivity index (χ2v) is 7.95. The summed E-state index contributed by atoms with van der Waals surface area (Å²) >= 11 is 0. The van der Waals surface area contributed by atoms with Gasteiger partial charge < -0.3 is 24.8 Å². The molecule has 170 valence electrons. The van der Waals surface area contributed by atoms with Gasteiger partial charge in [0.05, 0.1) is 26.4 Å². The molecule has 2 aliphatic rings. The Labute approximate surface area is 195 Å². The third kappa shape index (κ3) is 6.93. The van der Waals surface area contributed by atoms with E-state index in [0.29, 0.717) is 26.1 Å². The van der Waals surface area contributed by atoms with E-state index in [1.807, 2.05) is 6.92 Å². The molecule has 1 aromatic carbocycles. The van der Waals surface area contributed by atoms with Crippen LogP contribution in [0.1, 0.15) is 31.9 Å². The number of nitrogens with one attached hydrogen (secondary N) is 2. The highest BCUT2D eigenvalue weighted by Gasteiger charge is 2.28. The fourth-order valence-corrected chi connectivity index (χ4v) is 3.64. The number of fused-ring (bicyclic) bond motifs is 1. The maximum atomic E-state index is 13.9. The fraction of sp³-hybridized carbons (Fsp3) is 0.667. The number of nitrogens with zero attached hydrogens (tertiary/aromatic N) is 2. The van der Waals surface area contributed by atoms with Crippen LogP contribution in [0.5, 0.6) is 5.75 Å². The van der Waals surface area contributed by atoms with Crippen LogP contribution in [-0.2, 0) is 22.5 Å². The molecule has 2 N–H and O–H groups in total. The van der Waals surface area contributed by atoms with Crippen molar-refractivity contribution in [3.63, 3.8) is 0 Å². The minimum Gasteiger partial charge on any atom is -0.467 e. The lowest BCUT2D eigenvalue weighted by Crippen LogP contribution is -2.52. The zero-order chi connectivity index (χ0) is 20.7. The number of aliphatic imine (C=N–C) groups is 1. The van der Waals surface area contributed by atoms with Gasteiger partial charge in [-0.05, 0) is 44.9 Å². The molecule has 7 nitrogen and oxygen atoms in total. The number of hydrogen-bond acceptors (Lipinski definition) is 5. The lowest BCUT2D eigenvalue weighted by atomic mass is 10.0. The molecular weight excluding hydrogens is 502 g/mol. The molecule has 1 aromatic rings. The summed E-state index contributed by atoms with van der Waals surface area (Å²) in [7, 11) is 0. The van der Waals surface area contributed by atoms with E-state index in [-0.39, 0.29) is 42.1 Å². The molecule has 0 bridgehead atoms. The van der Waals surface area contributed by atoms with Crippen molar-refractivity contribution in [3.05, 3.63) is 29.1 Å². The molecule has 0 atom stereocenters. The van der Waals surface area contributed by atoms with Gasteiger partial charge in [0.15, 0.2) is 12.8 Å². The molecule has 1 fully saturated rings. The fourth-order valence-electron chi connectivity index (χ4n) is 3.64. The standard InChI is InChI=1S/C21H33FN4O3.HI/c1-4-23-20(25-14-21(2,3)26-7-9-27-10-8-26)24-6-5-16-11-18(22)12-17-13-28-15-29-19(16)17;/h11-12H,4-10,13-15H2,1-3H3,(H2,23,24,25);1H. The van der Waals surface area contributed by atoms with Crippen LogP contribution in [0.3, 0.4) is 0 Å². The van der Waals surface area contributed by atoms with Gasteiger partial charge in [-0.3, -0.25) is 9.89 Å². The van der Waals surface area contributed by atoms with E-state index >= 15 is 0 Å². The minimum absolute atomic E-state index is 0. The molecule has 0 aromatic heterocycles. The van der Waals surface area contributed by atoms with Crippen molar-refractivity contribution in [3.8, 4) is 5.75 Å². The first-order valence-electron chi connectivity index (χ1n) is 10.4. The van der Waals surface area contributed by atoms with E-state index in [2.05, 4.69) is 29.4 Å². The van der Waals surface area contributed by atoms with Gasteiger partial charge in [-0.2, -0.15) is 0 Å². The summed E-state index contributed by atoms with van der Waals surface area (Å²) in [6.07, 6.45) is 0.636. The van der Waals surface area contributed by atoms with E-state index in [4.69, 9.17) is 19.2 Å². The maximum absolute atomic E-state index is 13.9. The number of guanidine groups is 1. The van der Waals surface area contributed by atoms with Gasteiger partial charge >= 0.3 is 0 Å². The number of morpholine rings is 1. The minimum atomic E-state index is -0.263. The van der Waals surface area contributed by atoms with Crippen LogP contribution in [0.15, 0.2) is 17.1 Å². The lowest BCUT2D eigenvalue weighted by molar-refractivity contribution is -0.0172. The third-order valence-electron chi connectivity index (χ3n) is 5.27. The molecule has 0 saturated carbocycles. The first-order valence-corrected chi connectivity index (χ1v) is 10.4. The van der Waals surface area contributed by atoms with Gasteiger partial charge in [-0.15, -0.1) is 24.0 Å². The van der Waals surface area contributed by atoms with Crippen LogP contribution < -0.4 is 15.4 Å². The van der Waals surface area contributed by atoms with Gasteiger partial charge in [-0.25, -0.2) is 4.39 Å². The number of halogens is 2. The number of ether oxygens (including phenoxy) is 3. The first-order chi connectivity index (χ1) is 14.0. The topological polar surface area (TPSA) is 67.4 Å². The Morgan fingerprint density at radius 1 is 1.20 bits per heavy atom. The molecular formula is C21H34FIN4O3. The summed E-state index contributed by atoms with van der Waals surface area (Å²) in [5.41, 5.74) is 1.57. The Morgan fingerprint density at radius 2 is 1.97 bits per heavy atom. The Morgan fingerprint density at radius 3 is 2.70 bits per heavy atom. The van der Waals surface area contributed by atoms with Crippen molar-refractivity contribution in [2.24, 2.45) is 4.99 Å². The van der Waals surface area contributed by atoms with Crippen molar-refractivity contribution in [1.29, 1.82) is 0 Å². The van der Waals surface area contributed by atoms with E-state index in [0.717, 1.165) is 55.7 Å². The van der Waals surface area contributed by atoms with Crippen molar-refractivity contribution in [1.82, 2.24) is 15.5 Å². The van der Waals surface area contributed by atoms with Gasteiger partial charge in [0.2, 0.25) is 0 Å². The van der Waals surface area contributed by atoms with Crippen LogP contribution in [-0.4, -0.2) is 69.1 Å². The van der Waals surface area contributed by atoms with Crippen LogP contribution in [0.2, 0.25) is 0 Å². The predicted octanol–water partition coefficient (Wildman–Crippen LogP) is 2.52. The molecule has 1 saturated heterocycles. The van der Waals surface area contributed by atoms with Gasteiger partial charge in [-0.1, -0.05) is 0 Å². The third-order valence-corrected chi connectivity index (χ3v) is 5.27. The summed E-state index contributed by atoms with van der Waals surface area (Å²) in [5, 5.41) is 6.65. The van der Waals surface area contributed by atoms with Gasteiger partial charge in [0.25, 0.3) is 0 Å². The molecule has 0 unspecified atom stereocenters. The Hall–Kier alpha value is -1.17. The van der Waals surface area contributed by atoms with Crippen LogP contribution in [0.25, 0.3) is 0 Å². The largest absolute Gasteiger partial charge is 0.467 e. The molecule has 30 heavy (non-hydrogen) atoms. The molecule has 0 spiro atoms. The average molecular weight is 536 g/mol. The van der Waals surface area contributed by atoms with Crippen molar-refractivity contribution in [2.75, 3.05) is 52.7 Å². The Balaban J connectivity index is 0.00000320. The van der Waals surface area contributed by atoms with E-state index in [9.17, 15) is 4.39 Å². The summed E-state index contributed by atoms with van der Waals surface area (Å²) in [5.74, 6) is 1.25. The van der Waals surface area contributed by atoms with E-state index in [1.165, 1.54) is 12.1 Å². The van der Waals surface area contributed by atoms with Crippen LogP contribution in [0, 0.1) is 5.82 Å². The van der Waals surface area contributed by atoms with E-state index < -0.39 is 0 Å². The number of benzene rings is 1. The van der Waals surface area contributed by atoms with Crippen molar-refractivity contribution < 1.29 is 18.6 Å². The van der Waals surface area contributed by atoms with Crippen molar-refractivity contribution in [2.45, 2.75) is 39.3 Å². The highest BCUT2D eigenvalue weighted by Crippen LogP contribution is 2.29. The van der Waals surface area contributed by atoms with Gasteiger partial charge in [0, 0.05) is 37.3 Å². The summed E-state index contributed by atoms with van der Waals surface area (Å²) in [6, 6.07) is 3.02. The summed E-state index contributed by atoms with van der Waals surface area (Å²) < 4.78 is 30.2. The second-order valence-electron chi connectivity index (χ2n) is 7.95. The van der Waals surface area contributed by atoms with Crippen LogP contribution >= 0.6 is 24.0 Å². The molecule has 0 amide bonds. The Bertz CT molecular complexity index is 712. The van der Waals surface area contributed by atoms with Crippen molar-refractivity contribution >= 4 is 29.9 Å². The highest BCUT2D eigenvalue weighted by atomic mass is 127. The number of hydrogen-bond donors (Lipinski definition) is 2. The second kappa shape index (κ2) is 12.0.